The molecule has 0 aliphatic carbocycles. The molecule has 0 saturated heterocycles. The third-order valence-corrected chi connectivity index (χ3v) is 2.86. The van der Waals surface area contributed by atoms with Crippen molar-refractivity contribution in [1.29, 1.82) is 0 Å². The highest BCUT2D eigenvalue weighted by Crippen LogP contribution is 2.20. The fourth-order valence-corrected chi connectivity index (χ4v) is 1.53. The molecule has 1 unspecified atom stereocenters. The van der Waals surface area contributed by atoms with Crippen LogP contribution in [0.5, 0.6) is 0 Å². The summed E-state index contributed by atoms with van der Waals surface area (Å²) in [5, 5.41) is 0. The highest BCUT2D eigenvalue weighted by Gasteiger charge is 2.36. The van der Waals surface area contributed by atoms with Crippen molar-refractivity contribution in [1.82, 2.24) is 4.75 Å². The van der Waals surface area contributed by atoms with E-state index < -0.39 is 15.6 Å². The Morgan fingerprint density at radius 2 is 1.82 bits per heavy atom. The van der Waals surface area contributed by atoms with Crippen LogP contribution in [-0.2, 0) is 10.1 Å². The van der Waals surface area contributed by atoms with Crippen LogP contribution in [0.2, 0.25) is 0 Å². The minimum absolute atomic E-state index is 0.521. The molecule has 0 saturated carbocycles. The second-order valence-corrected chi connectivity index (χ2v) is 4.83. The van der Waals surface area contributed by atoms with Crippen LogP contribution in [0.3, 0.4) is 0 Å². The molecule has 0 bridgehead atoms. The number of H-pyrrole nitrogens is 1. The van der Waals surface area contributed by atoms with Gasteiger partial charge in [-0.3, -0.25) is 0 Å². The summed E-state index contributed by atoms with van der Waals surface area (Å²) < 4.78 is 66.3. The Hall–Kier alpha value is -1.18. The van der Waals surface area contributed by atoms with Crippen molar-refractivity contribution in [3.63, 3.8) is 0 Å². The average Bonchev–Trinajstić information content (AvgIpc) is 2.62. The van der Waals surface area contributed by atoms with Gasteiger partial charge in [-0.1, -0.05) is 12.1 Å². The number of para-hydroxylation sites is 2. The molecule has 1 N–H and O–H groups in total. The molecule has 0 fully saturated rings. The molecule has 2 aromatic rings. The van der Waals surface area contributed by atoms with Gasteiger partial charge < -0.3 is 4.55 Å². The van der Waals surface area contributed by atoms with Gasteiger partial charge in [0.15, 0.2) is 15.6 Å². The summed E-state index contributed by atoms with van der Waals surface area (Å²) in [7, 11) is -5.57. The van der Waals surface area contributed by atoms with Crippen LogP contribution < -0.4 is 4.75 Å². The van der Waals surface area contributed by atoms with Crippen LogP contribution in [0.15, 0.2) is 24.3 Å². The standard InChI is InChI=1S/C6H5N2P.CHF3O3S/c1-2-4-6-5(3-1)7-9-8-6;2-1(3,4)8(5,6)7/h1-4,9H;(H,5,6,7). The summed E-state index contributed by atoms with van der Waals surface area (Å²) in [6.45, 7) is 0. The van der Waals surface area contributed by atoms with Gasteiger partial charge >= 0.3 is 5.51 Å². The minimum atomic E-state index is -6.09. The van der Waals surface area contributed by atoms with Crippen molar-refractivity contribution in [3.8, 4) is 0 Å². The first-order valence-corrected chi connectivity index (χ1v) is 6.40. The van der Waals surface area contributed by atoms with E-state index in [2.05, 4.69) is 9.49 Å². The smallest absolute Gasteiger partial charge is 0.485 e. The SMILES string of the molecule is O=S(=O)([O-])C(F)(F)F.c1ccc2[nH+][pH]nc2c1. The maximum atomic E-state index is 10.7. The molecule has 0 amide bonds. The number of aromatic amines is 1. The second kappa shape index (κ2) is 4.99. The van der Waals surface area contributed by atoms with Gasteiger partial charge in [0.1, 0.15) is 0 Å². The summed E-state index contributed by atoms with van der Waals surface area (Å²) >= 11 is 0. The summed E-state index contributed by atoms with van der Waals surface area (Å²) in [6, 6.07) is 8.07. The Kier molecular flexibility index (Phi) is 4.07. The number of nitrogens with one attached hydrogen (secondary N) is 1. The Bertz CT molecular complexity index is 565. The predicted molar refractivity (Wildman–Crippen MR) is 53.6 cm³/mol. The van der Waals surface area contributed by atoms with E-state index in [0.717, 1.165) is 11.0 Å². The number of fused-ring (bicyclic) bond motifs is 1. The quantitative estimate of drug-likeness (QED) is 0.537. The largest absolute Gasteiger partial charge is 0.741 e. The third kappa shape index (κ3) is 3.95. The molecule has 0 aliphatic rings. The number of benzene rings is 1. The Labute approximate surface area is 95.7 Å². The van der Waals surface area contributed by atoms with E-state index in [1.807, 2.05) is 24.3 Å². The molecule has 17 heavy (non-hydrogen) atoms. The van der Waals surface area contributed by atoms with Gasteiger partial charge in [-0.15, -0.1) is 0 Å². The monoisotopic (exact) mass is 286 g/mol. The molecule has 0 spiro atoms. The average molecular weight is 286 g/mol. The molecule has 2 rings (SSSR count). The number of nitrogens with zero attached hydrogens (tertiary/aromatic N) is 1. The molecule has 1 atom stereocenters. The van der Waals surface area contributed by atoms with Gasteiger partial charge in [-0.2, -0.15) is 13.2 Å². The van der Waals surface area contributed by atoms with Crippen LogP contribution in [0.1, 0.15) is 0 Å². The molecular formula is C7H6F3N2O3PS. The van der Waals surface area contributed by atoms with Crippen molar-refractivity contribution in [2.75, 3.05) is 0 Å². The van der Waals surface area contributed by atoms with Gasteiger partial charge in [0.25, 0.3) is 0 Å². The number of aromatic nitrogens is 2. The van der Waals surface area contributed by atoms with Crippen molar-refractivity contribution in [2.45, 2.75) is 5.51 Å². The van der Waals surface area contributed by atoms with Crippen LogP contribution in [0.4, 0.5) is 13.2 Å². The van der Waals surface area contributed by atoms with E-state index >= 15 is 0 Å². The highest BCUT2D eigenvalue weighted by atomic mass is 32.2. The lowest BCUT2D eigenvalue weighted by molar-refractivity contribution is -0.251. The van der Waals surface area contributed by atoms with Gasteiger partial charge in [0.05, 0.1) is 0 Å². The van der Waals surface area contributed by atoms with E-state index in [1.54, 1.807) is 0 Å². The zero-order valence-electron chi connectivity index (χ0n) is 8.02. The number of rotatable bonds is 0. The molecule has 10 heteroatoms. The summed E-state index contributed by atoms with van der Waals surface area (Å²) in [5.74, 6) is 0. The summed E-state index contributed by atoms with van der Waals surface area (Å²) in [6.07, 6.45) is 0. The predicted octanol–water partition coefficient (Wildman–Crippen LogP) is 1.13. The van der Waals surface area contributed by atoms with E-state index in [4.69, 9.17) is 13.0 Å². The van der Waals surface area contributed by atoms with Crippen LogP contribution in [-0.4, -0.2) is 23.2 Å². The molecular weight excluding hydrogens is 280 g/mol. The fraction of sp³-hybridized carbons (Fsp3) is 0.143. The minimum Gasteiger partial charge on any atom is -0.741 e. The maximum absolute atomic E-state index is 10.7. The van der Waals surface area contributed by atoms with Crippen molar-refractivity contribution in [2.24, 2.45) is 0 Å². The zero-order chi connectivity index (χ0) is 13.1. The first-order valence-electron chi connectivity index (χ1n) is 4.05. The Balaban J connectivity index is 0.000000172. The topological polar surface area (TPSA) is 84.2 Å². The van der Waals surface area contributed by atoms with E-state index in [-0.39, 0.29) is 0 Å². The van der Waals surface area contributed by atoms with Gasteiger partial charge in [0.2, 0.25) is 14.0 Å². The molecule has 1 heterocycles. The number of alkyl halides is 3. The van der Waals surface area contributed by atoms with Crippen LogP contribution in [0, 0.1) is 0 Å². The fourth-order valence-electron chi connectivity index (χ4n) is 0.825. The van der Waals surface area contributed by atoms with Crippen LogP contribution >= 0.6 is 8.51 Å². The number of halogens is 3. The molecule has 94 valence electrons. The lowest BCUT2D eigenvalue weighted by Gasteiger charge is -2.08. The van der Waals surface area contributed by atoms with Crippen LogP contribution in [0.25, 0.3) is 11.0 Å². The molecule has 1 aromatic carbocycles. The molecule has 0 aliphatic heterocycles. The molecule has 1 aromatic heterocycles. The normalized spacial score (nSPS) is 12.5. The van der Waals surface area contributed by atoms with E-state index in [1.165, 1.54) is 0 Å². The second-order valence-electron chi connectivity index (χ2n) is 2.77. The summed E-state index contributed by atoms with van der Waals surface area (Å²) in [5.41, 5.74) is -3.39. The maximum Gasteiger partial charge on any atom is 0.485 e. The molecule has 5 nitrogen and oxygen atoms in total. The first kappa shape index (κ1) is 13.9. The lowest BCUT2D eigenvalue weighted by atomic mass is 10.3. The number of hydrogen-bond acceptors (Lipinski definition) is 4. The van der Waals surface area contributed by atoms with Crippen molar-refractivity contribution < 1.29 is 30.9 Å². The van der Waals surface area contributed by atoms with Crippen molar-refractivity contribution >= 4 is 29.7 Å². The van der Waals surface area contributed by atoms with E-state index in [9.17, 15) is 13.2 Å². The Morgan fingerprint density at radius 3 is 2.29 bits per heavy atom. The van der Waals surface area contributed by atoms with Gasteiger partial charge in [-0.05, 0) is 16.9 Å². The zero-order valence-corrected chi connectivity index (χ0v) is 9.84. The van der Waals surface area contributed by atoms with Gasteiger partial charge in [0, 0.05) is 0 Å². The number of hydrogen-bond donors (Lipinski definition) is 0. The third-order valence-electron chi connectivity index (χ3n) is 1.55. The molecule has 0 radical (unpaired) electrons. The first-order chi connectivity index (χ1) is 7.72. The van der Waals surface area contributed by atoms with Crippen molar-refractivity contribution in [3.05, 3.63) is 24.3 Å². The highest BCUT2D eigenvalue weighted by molar-refractivity contribution is 7.86. The van der Waals surface area contributed by atoms with E-state index in [0.29, 0.717) is 8.51 Å². The summed E-state index contributed by atoms with van der Waals surface area (Å²) in [4.78, 5) is 0. The lowest BCUT2D eigenvalue weighted by Crippen LogP contribution is -2.21. The Morgan fingerprint density at radius 1 is 1.29 bits per heavy atom. The van der Waals surface area contributed by atoms with Gasteiger partial charge in [-0.25, -0.2) is 13.2 Å².